The number of nitrogens with one attached hydrogen (secondary N) is 2. The smallest absolute Gasteiger partial charge is 0.255 e. The molecule has 1 aliphatic heterocycles. The second-order valence-electron chi connectivity index (χ2n) is 5.78. The number of fused-ring (bicyclic) bond motifs is 1. The summed E-state index contributed by atoms with van der Waals surface area (Å²) in [6.45, 7) is 2.80. The lowest BCUT2D eigenvalue weighted by atomic mass is 10.1. The maximum Gasteiger partial charge on any atom is 0.255 e. The van der Waals surface area contributed by atoms with Gasteiger partial charge in [-0.25, -0.2) is 0 Å². The second-order valence-corrected chi connectivity index (χ2v) is 5.78. The highest BCUT2D eigenvalue weighted by molar-refractivity contribution is 6.05. The number of hydrogen-bond acceptors (Lipinski definition) is 3. The molecule has 0 aliphatic carbocycles. The zero-order valence-electron chi connectivity index (χ0n) is 13.6. The van der Waals surface area contributed by atoms with E-state index in [1.165, 1.54) is 0 Å². The van der Waals surface area contributed by atoms with Gasteiger partial charge in [-0.1, -0.05) is 13.3 Å². The van der Waals surface area contributed by atoms with Crippen molar-refractivity contribution in [2.45, 2.75) is 26.2 Å². The van der Waals surface area contributed by atoms with Crippen LogP contribution < -0.4 is 15.4 Å². The average Bonchev–Trinajstić information content (AvgIpc) is 2.95. The zero-order valence-corrected chi connectivity index (χ0v) is 13.6. The molecule has 1 heterocycles. The van der Waals surface area contributed by atoms with Crippen LogP contribution in [0.15, 0.2) is 42.5 Å². The topological polar surface area (TPSA) is 67.4 Å². The molecule has 0 fully saturated rings. The SMILES string of the molecule is CCCCOc1ccc(C(=O)Nc2ccc3c(c2)CC(=O)N3)cc1. The van der Waals surface area contributed by atoms with Crippen LogP contribution in [0, 0.1) is 0 Å². The Labute approximate surface area is 141 Å². The molecule has 124 valence electrons. The molecule has 0 spiro atoms. The first kappa shape index (κ1) is 16.1. The number of carbonyl (C=O) groups is 2. The summed E-state index contributed by atoms with van der Waals surface area (Å²) in [7, 11) is 0. The third-order valence-corrected chi connectivity index (χ3v) is 3.87. The summed E-state index contributed by atoms with van der Waals surface area (Å²) in [5, 5.41) is 5.63. The van der Waals surface area contributed by atoms with Crippen molar-refractivity contribution in [1.29, 1.82) is 0 Å². The number of anilines is 2. The van der Waals surface area contributed by atoms with Crippen LogP contribution in [0.3, 0.4) is 0 Å². The molecule has 2 aromatic rings. The molecule has 0 radical (unpaired) electrons. The van der Waals surface area contributed by atoms with Crippen LogP contribution in [0.4, 0.5) is 11.4 Å². The Hall–Kier alpha value is -2.82. The van der Waals surface area contributed by atoms with Crippen molar-refractivity contribution in [2.24, 2.45) is 0 Å². The number of hydrogen-bond donors (Lipinski definition) is 2. The van der Waals surface area contributed by atoms with Crippen molar-refractivity contribution in [1.82, 2.24) is 0 Å². The molecule has 2 aromatic carbocycles. The van der Waals surface area contributed by atoms with E-state index in [1.807, 2.05) is 6.07 Å². The lowest BCUT2D eigenvalue weighted by Gasteiger charge is -2.08. The van der Waals surface area contributed by atoms with Crippen molar-refractivity contribution in [2.75, 3.05) is 17.2 Å². The monoisotopic (exact) mass is 324 g/mol. The molecule has 0 bridgehead atoms. The van der Waals surface area contributed by atoms with E-state index in [0.717, 1.165) is 29.8 Å². The van der Waals surface area contributed by atoms with Crippen molar-refractivity contribution in [3.8, 4) is 5.75 Å². The Bertz CT molecular complexity index is 754. The van der Waals surface area contributed by atoms with Gasteiger partial charge in [0.05, 0.1) is 13.0 Å². The van der Waals surface area contributed by atoms with Gasteiger partial charge in [0, 0.05) is 16.9 Å². The van der Waals surface area contributed by atoms with Crippen molar-refractivity contribution in [3.63, 3.8) is 0 Å². The van der Waals surface area contributed by atoms with Gasteiger partial charge in [0.25, 0.3) is 5.91 Å². The van der Waals surface area contributed by atoms with Gasteiger partial charge < -0.3 is 15.4 Å². The number of unbranched alkanes of at least 4 members (excludes halogenated alkanes) is 1. The molecule has 2 N–H and O–H groups in total. The third-order valence-electron chi connectivity index (χ3n) is 3.87. The number of amides is 2. The van der Waals surface area contributed by atoms with Crippen molar-refractivity contribution >= 4 is 23.2 Å². The summed E-state index contributed by atoms with van der Waals surface area (Å²) >= 11 is 0. The minimum Gasteiger partial charge on any atom is -0.494 e. The molecule has 0 unspecified atom stereocenters. The molecule has 24 heavy (non-hydrogen) atoms. The molecule has 2 amide bonds. The standard InChI is InChI=1S/C19H20N2O3/c1-2-3-10-24-16-7-4-13(5-8-16)19(23)20-15-6-9-17-14(11-15)12-18(22)21-17/h4-9,11H,2-3,10,12H2,1H3,(H,20,23)(H,21,22). The minimum absolute atomic E-state index is 0.0212. The van der Waals surface area contributed by atoms with Gasteiger partial charge in [-0.15, -0.1) is 0 Å². The van der Waals surface area contributed by atoms with Crippen molar-refractivity contribution < 1.29 is 14.3 Å². The predicted molar refractivity (Wildman–Crippen MR) is 93.6 cm³/mol. The number of ether oxygens (including phenoxy) is 1. The lowest BCUT2D eigenvalue weighted by molar-refractivity contribution is -0.115. The quantitative estimate of drug-likeness (QED) is 0.798. The lowest BCUT2D eigenvalue weighted by Crippen LogP contribution is -2.12. The maximum absolute atomic E-state index is 12.3. The largest absolute Gasteiger partial charge is 0.494 e. The van der Waals surface area contributed by atoms with E-state index in [4.69, 9.17) is 4.74 Å². The molecule has 0 saturated heterocycles. The van der Waals surface area contributed by atoms with Gasteiger partial charge in [-0.3, -0.25) is 9.59 Å². The van der Waals surface area contributed by atoms with Gasteiger partial charge in [0.1, 0.15) is 5.75 Å². The Morgan fingerprint density at radius 3 is 2.75 bits per heavy atom. The van der Waals surface area contributed by atoms with Crippen LogP contribution in [0.2, 0.25) is 0 Å². The van der Waals surface area contributed by atoms with E-state index in [1.54, 1.807) is 36.4 Å². The van der Waals surface area contributed by atoms with E-state index in [9.17, 15) is 9.59 Å². The highest BCUT2D eigenvalue weighted by Gasteiger charge is 2.18. The fourth-order valence-electron chi connectivity index (χ4n) is 2.55. The van der Waals surface area contributed by atoms with Gasteiger partial charge >= 0.3 is 0 Å². The number of benzene rings is 2. The van der Waals surface area contributed by atoms with E-state index in [0.29, 0.717) is 24.3 Å². The fourth-order valence-corrected chi connectivity index (χ4v) is 2.55. The van der Waals surface area contributed by atoms with Gasteiger partial charge in [0.15, 0.2) is 0 Å². The van der Waals surface area contributed by atoms with E-state index < -0.39 is 0 Å². The van der Waals surface area contributed by atoms with Gasteiger partial charge in [0.2, 0.25) is 5.91 Å². The summed E-state index contributed by atoms with van der Waals surface area (Å²) < 4.78 is 5.59. The zero-order chi connectivity index (χ0) is 16.9. The molecular formula is C19H20N2O3. The third kappa shape index (κ3) is 3.74. The molecule has 0 saturated carbocycles. The normalized spacial score (nSPS) is 12.5. The van der Waals surface area contributed by atoms with Crippen LogP contribution in [-0.2, 0) is 11.2 Å². The van der Waals surface area contributed by atoms with Gasteiger partial charge in [-0.2, -0.15) is 0 Å². The van der Waals surface area contributed by atoms with E-state index >= 15 is 0 Å². The molecular weight excluding hydrogens is 304 g/mol. The summed E-state index contributed by atoms with van der Waals surface area (Å²) in [6.07, 6.45) is 2.45. The average molecular weight is 324 g/mol. The predicted octanol–water partition coefficient (Wildman–Crippen LogP) is 3.61. The minimum atomic E-state index is -0.188. The fraction of sp³-hybridized carbons (Fsp3) is 0.263. The van der Waals surface area contributed by atoms with Crippen molar-refractivity contribution in [3.05, 3.63) is 53.6 Å². The Balaban J connectivity index is 1.63. The maximum atomic E-state index is 12.3. The van der Waals surface area contributed by atoms with Crippen LogP contribution in [-0.4, -0.2) is 18.4 Å². The van der Waals surface area contributed by atoms with Crippen LogP contribution in [0.1, 0.15) is 35.7 Å². The molecule has 1 aliphatic rings. The molecule has 3 rings (SSSR count). The Kier molecular flexibility index (Phi) is 4.79. The first-order chi connectivity index (χ1) is 11.7. The molecule has 0 atom stereocenters. The first-order valence-electron chi connectivity index (χ1n) is 8.12. The number of rotatable bonds is 6. The highest BCUT2D eigenvalue weighted by atomic mass is 16.5. The van der Waals surface area contributed by atoms with Crippen LogP contribution in [0.5, 0.6) is 5.75 Å². The summed E-state index contributed by atoms with van der Waals surface area (Å²) in [5.74, 6) is 0.557. The van der Waals surface area contributed by atoms with Crippen LogP contribution in [0.25, 0.3) is 0 Å². The Morgan fingerprint density at radius 2 is 2.00 bits per heavy atom. The number of carbonyl (C=O) groups excluding carboxylic acids is 2. The summed E-state index contributed by atoms with van der Waals surface area (Å²) in [6, 6.07) is 12.5. The van der Waals surface area contributed by atoms with E-state index in [-0.39, 0.29) is 11.8 Å². The van der Waals surface area contributed by atoms with Gasteiger partial charge in [-0.05, 0) is 54.4 Å². The second kappa shape index (κ2) is 7.17. The Morgan fingerprint density at radius 1 is 1.21 bits per heavy atom. The highest BCUT2D eigenvalue weighted by Crippen LogP contribution is 2.26. The molecule has 5 heteroatoms. The summed E-state index contributed by atoms with van der Waals surface area (Å²) in [4.78, 5) is 23.7. The summed E-state index contributed by atoms with van der Waals surface area (Å²) in [5.41, 5.74) is 2.95. The first-order valence-corrected chi connectivity index (χ1v) is 8.12. The van der Waals surface area contributed by atoms with E-state index in [2.05, 4.69) is 17.6 Å². The van der Waals surface area contributed by atoms with Crippen LogP contribution >= 0.6 is 0 Å². The molecule has 5 nitrogen and oxygen atoms in total. The molecule has 0 aromatic heterocycles.